The lowest BCUT2D eigenvalue weighted by atomic mass is 10.2. The standard InChI is InChI=1S/C20H19N3O6S/c1-12-15(13(2)29-23-12)10-27-16-7-4-3-6-14(16)20(26)28-11-18(24)21-22-19(25)17-8-5-9-30-17/h3-9H,10-11H2,1-2H3,(H,21,24)(H,22,25). The summed E-state index contributed by atoms with van der Waals surface area (Å²) in [5, 5.41) is 5.60. The van der Waals surface area contributed by atoms with Crippen molar-refractivity contribution in [3.8, 4) is 5.75 Å². The number of benzene rings is 1. The number of carbonyl (C=O) groups is 3. The first-order chi connectivity index (χ1) is 14.5. The van der Waals surface area contributed by atoms with Crippen LogP contribution in [-0.2, 0) is 16.1 Å². The summed E-state index contributed by atoms with van der Waals surface area (Å²) in [6.07, 6.45) is 0. The highest BCUT2D eigenvalue weighted by Crippen LogP contribution is 2.22. The smallest absolute Gasteiger partial charge is 0.342 e. The monoisotopic (exact) mass is 429 g/mol. The minimum atomic E-state index is -0.732. The van der Waals surface area contributed by atoms with Crippen LogP contribution in [-0.4, -0.2) is 29.5 Å². The van der Waals surface area contributed by atoms with E-state index in [1.807, 2.05) is 0 Å². The molecule has 2 N–H and O–H groups in total. The molecule has 0 unspecified atom stereocenters. The molecule has 0 aliphatic heterocycles. The summed E-state index contributed by atoms with van der Waals surface area (Å²) in [5.41, 5.74) is 6.10. The predicted molar refractivity (Wildman–Crippen MR) is 107 cm³/mol. The molecule has 3 rings (SSSR count). The molecule has 0 bridgehead atoms. The molecule has 2 heterocycles. The quantitative estimate of drug-likeness (QED) is 0.437. The number of aromatic nitrogens is 1. The van der Waals surface area contributed by atoms with Gasteiger partial charge < -0.3 is 14.0 Å². The summed E-state index contributed by atoms with van der Waals surface area (Å²) in [6, 6.07) is 9.85. The first-order valence-corrected chi connectivity index (χ1v) is 9.77. The number of para-hydroxylation sites is 1. The second kappa shape index (κ2) is 9.70. The third-order valence-electron chi connectivity index (χ3n) is 4.05. The number of esters is 1. The topological polar surface area (TPSA) is 120 Å². The Hall–Kier alpha value is -3.66. The molecule has 0 spiro atoms. The number of carbonyl (C=O) groups excluding carboxylic acids is 3. The van der Waals surface area contributed by atoms with Gasteiger partial charge in [-0.05, 0) is 37.4 Å². The number of rotatable bonds is 7. The number of nitrogens with zero attached hydrogens (tertiary/aromatic N) is 1. The molecule has 0 saturated heterocycles. The molecule has 0 aliphatic rings. The maximum atomic E-state index is 12.4. The molecule has 2 aromatic heterocycles. The lowest BCUT2D eigenvalue weighted by Gasteiger charge is -2.11. The molecular formula is C20H19N3O6S. The average Bonchev–Trinajstić information content (AvgIpc) is 3.39. The number of nitrogens with one attached hydrogen (secondary N) is 2. The van der Waals surface area contributed by atoms with Crippen LogP contribution in [0.15, 0.2) is 46.3 Å². The fraction of sp³-hybridized carbons (Fsp3) is 0.200. The van der Waals surface area contributed by atoms with Gasteiger partial charge in [0.2, 0.25) is 0 Å². The molecular weight excluding hydrogens is 410 g/mol. The van der Waals surface area contributed by atoms with Crippen LogP contribution in [0.4, 0.5) is 0 Å². The predicted octanol–water partition coefficient (Wildman–Crippen LogP) is 2.55. The number of hydrogen-bond acceptors (Lipinski definition) is 8. The van der Waals surface area contributed by atoms with Gasteiger partial charge in [0.15, 0.2) is 6.61 Å². The van der Waals surface area contributed by atoms with E-state index in [1.54, 1.807) is 49.6 Å². The van der Waals surface area contributed by atoms with Crippen molar-refractivity contribution in [1.29, 1.82) is 0 Å². The summed E-state index contributed by atoms with van der Waals surface area (Å²) >= 11 is 1.23. The van der Waals surface area contributed by atoms with E-state index in [-0.39, 0.29) is 12.2 Å². The zero-order valence-corrected chi connectivity index (χ0v) is 17.1. The molecule has 156 valence electrons. The van der Waals surface area contributed by atoms with E-state index < -0.39 is 24.4 Å². The van der Waals surface area contributed by atoms with E-state index in [9.17, 15) is 14.4 Å². The van der Waals surface area contributed by atoms with Crippen LogP contribution < -0.4 is 15.6 Å². The Morgan fingerprint density at radius 1 is 1.10 bits per heavy atom. The average molecular weight is 429 g/mol. The largest absolute Gasteiger partial charge is 0.488 e. The Morgan fingerprint density at radius 2 is 1.90 bits per heavy atom. The molecule has 3 aromatic rings. The summed E-state index contributed by atoms with van der Waals surface area (Å²) in [6.45, 7) is 3.17. The summed E-state index contributed by atoms with van der Waals surface area (Å²) in [4.78, 5) is 36.5. The second-order valence-corrected chi connectivity index (χ2v) is 7.09. The van der Waals surface area contributed by atoms with Gasteiger partial charge in [-0.25, -0.2) is 4.79 Å². The van der Waals surface area contributed by atoms with Crippen molar-refractivity contribution < 1.29 is 28.4 Å². The fourth-order valence-electron chi connectivity index (χ4n) is 2.46. The van der Waals surface area contributed by atoms with E-state index in [2.05, 4.69) is 16.0 Å². The summed E-state index contributed by atoms with van der Waals surface area (Å²) in [7, 11) is 0. The zero-order valence-electron chi connectivity index (χ0n) is 16.3. The number of hydrogen-bond donors (Lipinski definition) is 2. The van der Waals surface area contributed by atoms with Crippen molar-refractivity contribution in [1.82, 2.24) is 16.0 Å². The van der Waals surface area contributed by atoms with Crippen molar-refractivity contribution in [2.75, 3.05) is 6.61 Å². The minimum absolute atomic E-state index is 0.166. The van der Waals surface area contributed by atoms with Crippen LogP contribution in [0.2, 0.25) is 0 Å². The van der Waals surface area contributed by atoms with Crippen LogP contribution in [0.1, 0.15) is 37.0 Å². The SMILES string of the molecule is Cc1noc(C)c1COc1ccccc1C(=O)OCC(=O)NNC(=O)c1cccs1. The van der Waals surface area contributed by atoms with Gasteiger partial charge in [0.25, 0.3) is 11.8 Å². The zero-order chi connectivity index (χ0) is 21.5. The van der Waals surface area contributed by atoms with Gasteiger partial charge in [-0.1, -0.05) is 23.4 Å². The molecule has 1 aromatic carbocycles. The van der Waals surface area contributed by atoms with E-state index in [4.69, 9.17) is 14.0 Å². The normalized spacial score (nSPS) is 10.3. The highest BCUT2D eigenvalue weighted by molar-refractivity contribution is 7.12. The van der Waals surface area contributed by atoms with Crippen molar-refractivity contribution in [3.63, 3.8) is 0 Å². The molecule has 30 heavy (non-hydrogen) atoms. The summed E-state index contributed by atoms with van der Waals surface area (Å²) < 4.78 is 15.9. The number of hydrazine groups is 1. The molecule has 0 aliphatic carbocycles. The van der Waals surface area contributed by atoms with Gasteiger partial charge in [0, 0.05) is 0 Å². The van der Waals surface area contributed by atoms with Gasteiger partial charge in [0.1, 0.15) is 23.7 Å². The molecule has 2 amide bonds. The molecule has 0 atom stereocenters. The maximum absolute atomic E-state index is 12.4. The van der Waals surface area contributed by atoms with Crippen molar-refractivity contribution in [3.05, 3.63) is 69.2 Å². The van der Waals surface area contributed by atoms with Crippen molar-refractivity contribution >= 4 is 29.1 Å². The maximum Gasteiger partial charge on any atom is 0.342 e. The lowest BCUT2D eigenvalue weighted by Crippen LogP contribution is -2.43. The summed E-state index contributed by atoms with van der Waals surface area (Å²) in [5.74, 6) is -0.933. The molecule has 0 saturated carbocycles. The first-order valence-electron chi connectivity index (χ1n) is 8.89. The van der Waals surface area contributed by atoms with E-state index >= 15 is 0 Å². The van der Waals surface area contributed by atoms with Gasteiger partial charge >= 0.3 is 5.97 Å². The van der Waals surface area contributed by atoms with Gasteiger partial charge in [-0.3, -0.25) is 20.4 Å². The van der Waals surface area contributed by atoms with Crippen LogP contribution in [0.5, 0.6) is 5.75 Å². The highest BCUT2D eigenvalue weighted by atomic mass is 32.1. The molecule has 0 radical (unpaired) electrons. The third-order valence-corrected chi connectivity index (χ3v) is 4.92. The van der Waals surface area contributed by atoms with Gasteiger partial charge in [-0.15, -0.1) is 11.3 Å². The van der Waals surface area contributed by atoms with Gasteiger partial charge in [0.05, 0.1) is 16.1 Å². The first kappa shape index (κ1) is 21.1. The van der Waals surface area contributed by atoms with Crippen molar-refractivity contribution in [2.24, 2.45) is 0 Å². The van der Waals surface area contributed by atoms with E-state index in [0.717, 1.165) is 5.56 Å². The van der Waals surface area contributed by atoms with Gasteiger partial charge in [-0.2, -0.15) is 0 Å². The third kappa shape index (κ3) is 5.23. The van der Waals surface area contributed by atoms with Crippen molar-refractivity contribution in [2.45, 2.75) is 20.5 Å². The fourth-order valence-corrected chi connectivity index (χ4v) is 3.08. The Labute approximate surface area is 175 Å². The molecule has 0 fully saturated rings. The number of aryl methyl sites for hydroxylation is 2. The minimum Gasteiger partial charge on any atom is -0.488 e. The molecule has 9 nitrogen and oxygen atoms in total. The van der Waals surface area contributed by atoms with Crippen LogP contribution in [0.3, 0.4) is 0 Å². The Balaban J connectivity index is 1.52. The van der Waals surface area contributed by atoms with E-state index in [0.29, 0.717) is 22.1 Å². The van der Waals surface area contributed by atoms with Crippen LogP contribution in [0.25, 0.3) is 0 Å². The number of ether oxygens (including phenoxy) is 2. The van der Waals surface area contributed by atoms with Crippen LogP contribution in [0, 0.1) is 13.8 Å². The molecule has 10 heteroatoms. The van der Waals surface area contributed by atoms with Crippen LogP contribution >= 0.6 is 11.3 Å². The number of amides is 2. The van der Waals surface area contributed by atoms with E-state index in [1.165, 1.54) is 17.4 Å². The Bertz CT molecular complexity index is 1030. The number of thiophene rings is 1. The second-order valence-electron chi connectivity index (χ2n) is 6.14. The Kier molecular flexibility index (Phi) is 6.81. The Morgan fingerprint density at radius 3 is 2.60 bits per heavy atom. The highest BCUT2D eigenvalue weighted by Gasteiger charge is 2.17. The lowest BCUT2D eigenvalue weighted by molar-refractivity contribution is -0.125.